The van der Waals surface area contributed by atoms with Crippen LogP contribution in [0.15, 0.2) is 18.3 Å². The molecule has 1 N–H and O–H groups in total. The zero-order valence-electron chi connectivity index (χ0n) is 10.6. The average Bonchev–Trinajstić information content (AvgIpc) is 2.28. The number of nitrogens with one attached hydrogen (secondary N) is 1. The first-order valence-corrected chi connectivity index (χ1v) is 5.87. The van der Waals surface area contributed by atoms with Crippen LogP contribution >= 0.6 is 0 Å². The monoisotopic (exact) mass is 261 g/mol. The first-order valence-electron chi connectivity index (χ1n) is 5.87. The molecule has 0 aliphatic rings. The summed E-state index contributed by atoms with van der Waals surface area (Å²) in [4.78, 5) is 5.29. The molecule has 0 amide bonds. The van der Waals surface area contributed by atoms with Crippen molar-refractivity contribution in [3.05, 3.63) is 23.9 Å². The average molecular weight is 261 g/mol. The Morgan fingerprint density at radius 3 is 2.67 bits per heavy atom. The molecule has 102 valence electrons. The summed E-state index contributed by atoms with van der Waals surface area (Å²) in [6.45, 7) is 1.84. The van der Waals surface area contributed by atoms with Crippen LogP contribution in [0.2, 0.25) is 0 Å². The van der Waals surface area contributed by atoms with E-state index < -0.39 is 12.7 Å². The molecule has 0 unspecified atom stereocenters. The third-order valence-corrected chi connectivity index (χ3v) is 2.38. The summed E-state index contributed by atoms with van der Waals surface area (Å²) in [6.07, 6.45) is -2.02. The van der Waals surface area contributed by atoms with Crippen molar-refractivity contribution in [2.45, 2.75) is 26.1 Å². The molecule has 0 aromatic carbocycles. The normalized spacial score (nSPS) is 11.6. The van der Waals surface area contributed by atoms with Crippen molar-refractivity contribution in [3.8, 4) is 0 Å². The van der Waals surface area contributed by atoms with Gasteiger partial charge in [-0.05, 0) is 31.2 Å². The summed E-state index contributed by atoms with van der Waals surface area (Å²) >= 11 is 0. The number of anilines is 1. The van der Waals surface area contributed by atoms with Crippen LogP contribution in [0.4, 0.5) is 19.0 Å². The Kier molecular flexibility index (Phi) is 5.40. The van der Waals surface area contributed by atoms with Crippen LogP contribution in [-0.2, 0) is 6.54 Å². The topological polar surface area (TPSA) is 28.2 Å². The Hall–Kier alpha value is -1.30. The molecule has 0 aliphatic heterocycles. The number of aromatic nitrogens is 1. The summed E-state index contributed by atoms with van der Waals surface area (Å²) in [7, 11) is 1.79. The van der Waals surface area contributed by atoms with Gasteiger partial charge in [0.15, 0.2) is 0 Å². The molecule has 0 saturated heterocycles. The van der Waals surface area contributed by atoms with Gasteiger partial charge in [-0.2, -0.15) is 13.2 Å². The first kappa shape index (κ1) is 14.8. The van der Waals surface area contributed by atoms with E-state index in [1.54, 1.807) is 25.4 Å². The lowest BCUT2D eigenvalue weighted by atomic mass is 10.2. The summed E-state index contributed by atoms with van der Waals surface area (Å²) in [6, 6.07) is 3.48. The van der Waals surface area contributed by atoms with Crippen LogP contribution in [0.5, 0.6) is 0 Å². The fraction of sp³-hybridized carbons (Fsp3) is 0.583. The number of pyridine rings is 1. The van der Waals surface area contributed by atoms with Crippen molar-refractivity contribution in [1.82, 2.24) is 10.3 Å². The highest BCUT2D eigenvalue weighted by Crippen LogP contribution is 2.21. The van der Waals surface area contributed by atoms with Crippen molar-refractivity contribution < 1.29 is 13.2 Å². The molecule has 1 rings (SSSR count). The second-order valence-corrected chi connectivity index (χ2v) is 4.09. The van der Waals surface area contributed by atoms with E-state index in [2.05, 4.69) is 10.3 Å². The molecular formula is C12H18F3N3. The van der Waals surface area contributed by atoms with E-state index in [-0.39, 0.29) is 0 Å². The van der Waals surface area contributed by atoms with Gasteiger partial charge in [0, 0.05) is 19.3 Å². The lowest BCUT2D eigenvalue weighted by molar-refractivity contribution is -0.119. The highest BCUT2D eigenvalue weighted by Gasteiger charge is 2.31. The lowest BCUT2D eigenvalue weighted by Crippen LogP contribution is -2.35. The molecule has 0 radical (unpaired) electrons. The van der Waals surface area contributed by atoms with Crippen LogP contribution in [0.1, 0.15) is 18.9 Å². The zero-order valence-corrected chi connectivity index (χ0v) is 10.6. The van der Waals surface area contributed by atoms with Crippen LogP contribution in [0.3, 0.4) is 0 Å². The van der Waals surface area contributed by atoms with Gasteiger partial charge in [-0.25, -0.2) is 4.98 Å². The molecule has 1 aromatic rings. The number of hydrogen-bond donors (Lipinski definition) is 1. The van der Waals surface area contributed by atoms with Crippen molar-refractivity contribution in [2.75, 3.05) is 25.0 Å². The van der Waals surface area contributed by atoms with E-state index in [4.69, 9.17) is 0 Å². The Morgan fingerprint density at radius 1 is 1.39 bits per heavy atom. The number of rotatable bonds is 6. The quantitative estimate of drug-likeness (QED) is 0.853. The molecule has 0 spiro atoms. The van der Waals surface area contributed by atoms with Gasteiger partial charge in [0.1, 0.15) is 12.4 Å². The van der Waals surface area contributed by atoms with Crippen LogP contribution in [0.25, 0.3) is 0 Å². The third kappa shape index (κ3) is 4.91. The molecule has 1 heterocycles. The molecule has 0 bridgehead atoms. The van der Waals surface area contributed by atoms with E-state index in [1.807, 2.05) is 6.92 Å². The standard InChI is InChI=1S/C12H18F3N3/c1-3-6-18(9-12(13,14)15)11-7-10(8-16-2)4-5-17-11/h4-5,7,16H,3,6,8-9H2,1-2H3. The summed E-state index contributed by atoms with van der Waals surface area (Å²) in [5.74, 6) is 0.377. The minimum Gasteiger partial charge on any atom is -0.348 e. The van der Waals surface area contributed by atoms with Gasteiger partial charge in [0.05, 0.1) is 0 Å². The van der Waals surface area contributed by atoms with Gasteiger partial charge in [-0.3, -0.25) is 0 Å². The maximum absolute atomic E-state index is 12.5. The third-order valence-electron chi connectivity index (χ3n) is 2.38. The Morgan fingerprint density at radius 2 is 2.11 bits per heavy atom. The van der Waals surface area contributed by atoms with E-state index in [0.717, 1.165) is 5.56 Å². The van der Waals surface area contributed by atoms with E-state index >= 15 is 0 Å². The minimum absolute atomic E-state index is 0.343. The smallest absolute Gasteiger partial charge is 0.348 e. The second kappa shape index (κ2) is 6.58. The minimum atomic E-state index is -4.21. The molecule has 18 heavy (non-hydrogen) atoms. The fourth-order valence-electron chi connectivity index (χ4n) is 1.71. The summed E-state index contributed by atoms with van der Waals surface area (Å²) < 4.78 is 37.4. The first-order chi connectivity index (χ1) is 8.46. The van der Waals surface area contributed by atoms with Gasteiger partial charge >= 0.3 is 6.18 Å². The molecule has 6 heteroatoms. The molecule has 0 fully saturated rings. The Labute approximate surface area is 105 Å². The highest BCUT2D eigenvalue weighted by atomic mass is 19.4. The van der Waals surface area contributed by atoms with Crippen molar-refractivity contribution >= 4 is 5.82 Å². The van der Waals surface area contributed by atoms with Gasteiger partial charge < -0.3 is 10.2 Å². The van der Waals surface area contributed by atoms with Crippen LogP contribution < -0.4 is 10.2 Å². The predicted octanol–water partition coefficient (Wildman–Crippen LogP) is 2.58. The number of alkyl halides is 3. The molecular weight excluding hydrogens is 243 g/mol. The van der Waals surface area contributed by atoms with Gasteiger partial charge in [-0.1, -0.05) is 6.92 Å². The van der Waals surface area contributed by atoms with E-state index in [9.17, 15) is 13.2 Å². The Bertz CT molecular complexity index is 366. The number of hydrogen-bond acceptors (Lipinski definition) is 3. The maximum Gasteiger partial charge on any atom is 0.405 e. The van der Waals surface area contributed by atoms with E-state index in [1.165, 1.54) is 4.90 Å². The highest BCUT2D eigenvalue weighted by molar-refractivity contribution is 5.41. The molecule has 1 aromatic heterocycles. The van der Waals surface area contributed by atoms with Crippen molar-refractivity contribution in [2.24, 2.45) is 0 Å². The van der Waals surface area contributed by atoms with Crippen molar-refractivity contribution in [3.63, 3.8) is 0 Å². The van der Waals surface area contributed by atoms with E-state index in [0.29, 0.717) is 25.3 Å². The largest absolute Gasteiger partial charge is 0.405 e. The maximum atomic E-state index is 12.5. The fourth-order valence-corrected chi connectivity index (χ4v) is 1.71. The van der Waals surface area contributed by atoms with Gasteiger partial charge in [0.25, 0.3) is 0 Å². The molecule has 0 aliphatic carbocycles. The Balaban J connectivity index is 2.87. The number of nitrogens with zero attached hydrogens (tertiary/aromatic N) is 2. The van der Waals surface area contributed by atoms with Gasteiger partial charge in [0.2, 0.25) is 0 Å². The second-order valence-electron chi connectivity index (χ2n) is 4.09. The molecule has 0 atom stereocenters. The van der Waals surface area contributed by atoms with Gasteiger partial charge in [-0.15, -0.1) is 0 Å². The summed E-state index contributed by atoms with van der Waals surface area (Å²) in [5.41, 5.74) is 0.922. The lowest BCUT2D eigenvalue weighted by Gasteiger charge is -2.24. The van der Waals surface area contributed by atoms with Crippen molar-refractivity contribution in [1.29, 1.82) is 0 Å². The SMILES string of the molecule is CCCN(CC(F)(F)F)c1cc(CNC)ccn1. The number of halogens is 3. The predicted molar refractivity (Wildman–Crippen MR) is 65.6 cm³/mol. The van der Waals surface area contributed by atoms with Crippen LogP contribution in [0, 0.1) is 0 Å². The molecule has 0 saturated carbocycles. The van der Waals surface area contributed by atoms with Crippen LogP contribution in [-0.4, -0.2) is 31.3 Å². The zero-order chi connectivity index (χ0) is 13.6. The summed E-state index contributed by atoms with van der Waals surface area (Å²) in [5, 5.41) is 2.96. The molecule has 3 nitrogen and oxygen atoms in total.